The number of aliphatic carboxylic acids is 1. The number of carbonyl (C=O) groups is 1. The van der Waals surface area contributed by atoms with Crippen LogP contribution in [0, 0.1) is 6.92 Å². The second-order valence-electron chi connectivity index (χ2n) is 4.51. The van der Waals surface area contributed by atoms with Gasteiger partial charge in [0.05, 0.1) is 6.42 Å². The summed E-state index contributed by atoms with van der Waals surface area (Å²) in [5.74, 6) is -0.836. The van der Waals surface area contributed by atoms with Crippen LogP contribution in [0.15, 0.2) is 12.1 Å². The molecule has 16 heavy (non-hydrogen) atoms. The molecule has 0 radical (unpaired) electrons. The molecule has 0 atom stereocenters. The molecule has 0 unspecified atom stereocenters. The lowest BCUT2D eigenvalue weighted by molar-refractivity contribution is -0.137. The van der Waals surface area contributed by atoms with E-state index in [1.165, 1.54) is 6.07 Å². The van der Waals surface area contributed by atoms with Crippen LogP contribution in [0.2, 0.25) is 0 Å². The van der Waals surface area contributed by atoms with Crippen molar-refractivity contribution >= 4 is 5.97 Å². The summed E-state index contributed by atoms with van der Waals surface area (Å²) in [6, 6.07) is 2.97. The van der Waals surface area contributed by atoms with E-state index in [0.717, 1.165) is 12.8 Å². The van der Waals surface area contributed by atoms with Gasteiger partial charge >= 0.3 is 5.97 Å². The zero-order valence-corrected chi connectivity index (χ0v) is 9.03. The Bertz CT molecular complexity index is 447. The molecule has 4 heteroatoms. The molecule has 86 valence electrons. The number of aromatic hydroxyl groups is 2. The standard InChI is InChI=1S/C12H14O4/c1-7-4-8(10(14)5-9(7)13)12(2-3-12)6-11(15)16/h4-5,13-14H,2-3,6H2,1H3,(H,15,16). The average Bonchev–Trinajstić information content (AvgIpc) is 2.91. The lowest BCUT2D eigenvalue weighted by Crippen LogP contribution is -2.13. The highest BCUT2D eigenvalue weighted by Gasteiger charge is 2.47. The van der Waals surface area contributed by atoms with E-state index in [4.69, 9.17) is 5.11 Å². The minimum atomic E-state index is -0.859. The molecular formula is C12H14O4. The third-order valence-corrected chi connectivity index (χ3v) is 3.23. The summed E-state index contributed by atoms with van der Waals surface area (Å²) in [6.45, 7) is 1.73. The second-order valence-corrected chi connectivity index (χ2v) is 4.51. The van der Waals surface area contributed by atoms with Crippen molar-refractivity contribution < 1.29 is 20.1 Å². The van der Waals surface area contributed by atoms with E-state index in [1.54, 1.807) is 13.0 Å². The van der Waals surface area contributed by atoms with Crippen LogP contribution in [0.3, 0.4) is 0 Å². The molecule has 4 nitrogen and oxygen atoms in total. The maximum atomic E-state index is 10.8. The van der Waals surface area contributed by atoms with Crippen molar-refractivity contribution in [2.75, 3.05) is 0 Å². The molecule has 1 aliphatic rings. The second kappa shape index (κ2) is 3.40. The molecule has 1 fully saturated rings. The molecular weight excluding hydrogens is 208 g/mol. The van der Waals surface area contributed by atoms with E-state index < -0.39 is 11.4 Å². The zero-order chi connectivity index (χ0) is 11.9. The van der Waals surface area contributed by atoms with Crippen molar-refractivity contribution in [1.82, 2.24) is 0 Å². The smallest absolute Gasteiger partial charge is 0.304 e. The van der Waals surface area contributed by atoms with Crippen LogP contribution in [-0.2, 0) is 10.2 Å². The third kappa shape index (κ3) is 1.71. The van der Waals surface area contributed by atoms with Crippen molar-refractivity contribution in [2.24, 2.45) is 0 Å². The number of carboxylic acids is 1. The van der Waals surface area contributed by atoms with Gasteiger partial charge < -0.3 is 15.3 Å². The zero-order valence-electron chi connectivity index (χ0n) is 9.03. The highest BCUT2D eigenvalue weighted by Crippen LogP contribution is 2.54. The minimum absolute atomic E-state index is 0.0122. The molecule has 2 rings (SSSR count). The van der Waals surface area contributed by atoms with Crippen LogP contribution in [0.25, 0.3) is 0 Å². The topological polar surface area (TPSA) is 77.8 Å². The molecule has 1 aromatic rings. The molecule has 3 N–H and O–H groups in total. The Balaban J connectivity index is 2.41. The average molecular weight is 222 g/mol. The molecule has 0 aliphatic heterocycles. The Hall–Kier alpha value is -1.71. The van der Waals surface area contributed by atoms with E-state index in [1.807, 2.05) is 0 Å². The fourth-order valence-electron chi connectivity index (χ4n) is 2.09. The fourth-order valence-corrected chi connectivity index (χ4v) is 2.09. The van der Waals surface area contributed by atoms with Gasteiger partial charge in [0.2, 0.25) is 0 Å². The molecule has 1 aliphatic carbocycles. The summed E-state index contributed by atoms with van der Waals surface area (Å²) >= 11 is 0. The number of phenols is 2. The molecule has 0 bridgehead atoms. The SMILES string of the molecule is Cc1cc(C2(CC(=O)O)CC2)c(O)cc1O. The van der Waals surface area contributed by atoms with Gasteiger partial charge in [-0.15, -0.1) is 0 Å². The Morgan fingerprint density at radius 2 is 1.94 bits per heavy atom. The Morgan fingerprint density at radius 1 is 1.31 bits per heavy atom. The van der Waals surface area contributed by atoms with E-state index >= 15 is 0 Å². The van der Waals surface area contributed by atoms with Crippen LogP contribution >= 0.6 is 0 Å². The number of aryl methyl sites for hydroxylation is 1. The molecule has 0 amide bonds. The third-order valence-electron chi connectivity index (χ3n) is 3.23. The summed E-state index contributed by atoms with van der Waals surface area (Å²) in [5.41, 5.74) is 0.878. The molecule has 0 spiro atoms. The van der Waals surface area contributed by atoms with E-state index in [-0.39, 0.29) is 17.9 Å². The lowest BCUT2D eigenvalue weighted by atomic mass is 9.90. The van der Waals surface area contributed by atoms with Gasteiger partial charge in [0.15, 0.2) is 0 Å². The molecule has 0 aromatic heterocycles. The van der Waals surface area contributed by atoms with Crippen LogP contribution in [0.4, 0.5) is 0 Å². The van der Waals surface area contributed by atoms with Gasteiger partial charge in [0.25, 0.3) is 0 Å². The Morgan fingerprint density at radius 3 is 2.44 bits per heavy atom. The fraction of sp³-hybridized carbons (Fsp3) is 0.417. The number of rotatable bonds is 3. The van der Waals surface area contributed by atoms with E-state index in [0.29, 0.717) is 11.1 Å². The van der Waals surface area contributed by atoms with Crippen LogP contribution in [0.5, 0.6) is 11.5 Å². The van der Waals surface area contributed by atoms with Crippen molar-refractivity contribution in [3.63, 3.8) is 0 Å². The van der Waals surface area contributed by atoms with Gasteiger partial charge in [-0.05, 0) is 31.4 Å². The molecule has 0 heterocycles. The monoisotopic (exact) mass is 222 g/mol. The number of carboxylic acid groups (broad SMARTS) is 1. The quantitative estimate of drug-likeness (QED) is 0.730. The number of hydrogen-bond acceptors (Lipinski definition) is 3. The van der Waals surface area contributed by atoms with Crippen LogP contribution in [-0.4, -0.2) is 21.3 Å². The maximum absolute atomic E-state index is 10.8. The van der Waals surface area contributed by atoms with Crippen molar-refractivity contribution in [1.29, 1.82) is 0 Å². The molecule has 1 saturated carbocycles. The molecule has 0 saturated heterocycles. The maximum Gasteiger partial charge on any atom is 0.304 e. The summed E-state index contributed by atoms with van der Waals surface area (Å²) in [6.07, 6.45) is 1.58. The van der Waals surface area contributed by atoms with Gasteiger partial charge in [-0.25, -0.2) is 0 Å². The van der Waals surface area contributed by atoms with Gasteiger partial charge in [0.1, 0.15) is 11.5 Å². The molecule has 1 aromatic carbocycles. The number of phenolic OH excluding ortho intramolecular Hbond substituents is 2. The first-order valence-corrected chi connectivity index (χ1v) is 5.19. The first-order chi connectivity index (χ1) is 7.44. The summed E-state index contributed by atoms with van der Waals surface area (Å²) in [5, 5.41) is 28.0. The van der Waals surface area contributed by atoms with Crippen molar-refractivity contribution in [3.8, 4) is 11.5 Å². The first kappa shape index (κ1) is 10.8. The van der Waals surface area contributed by atoms with Crippen LogP contribution in [0.1, 0.15) is 30.4 Å². The minimum Gasteiger partial charge on any atom is -0.508 e. The number of hydrogen-bond donors (Lipinski definition) is 3. The van der Waals surface area contributed by atoms with E-state index in [2.05, 4.69) is 0 Å². The predicted molar refractivity (Wildman–Crippen MR) is 57.7 cm³/mol. The summed E-state index contributed by atoms with van der Waals surface area (Å²) in [7, 11) is 0. The Kier molecular flexibility index (Phi) is 2.30. The van der Waals surface area contributed by atoms with E-state index in [9.17, 15) is 15.0 Å². The van der Waals surface area contributed by atoms with Gasteiger partial charge in [-0.3, -0.25) is 4.79 Å². The lowest BCUT2D eigenvalue weighted by Gasteiger charge is -2.16. The highest BCUT2D eigenvalue weighted by molar-refractivity contribution is 5.71. The number of benzene rings is 1. The summed E-state index contributed by atoms with van der Waals surface area (Å²) in [4.78, 5) is 10.8. The Labute approximate surface area is 93.2 Å². The normalized spacial score (nSPS) is 17.1. The van der Waals surface area contributed by atoms with Gasteiger partial charge in [-0.1, -0.05) is 0 Å². The highest BCUT2D eigenvalue weighted by atomic mass is 16.4. The largest absolute Gasteiger partial charge is 0.508 e. The van der Waals surface area contributed by atoms with Crippen molar-refractivity contribution in [2.45, 2.75) is 31.6 Å². The first-order valence-electron chi connectivity index (χ1n) is 5.19. The van der Waals surface area contributed by atoms with Crippen molar-refractivity contribution in [3.05, 3.63) is 23.3 Å². The predicted octanol–water partition coefficient (Wildman–Crippen LogP) is 1.91. The summed E-state index contributed by atoms with van der Waals surface area (Å²) < 4.78 is 0. The van der Waals surface area contributed by atoms with Gasteiger partial charge in [0, 0.05) is 17.0 Å². The van der Waals surface area contributed by atoms with Gasteiger partial charge in [-0.2, -0.15) is 0 Å². The van der Waals surface area contributed by atoms with Crippen LogP contribution < -0.4 is 0 Å².